The lowest BCUT2D eigenvalue weighted by molar-refractivity contribution is 0.181. The van der Waals surface area contributed by atoms with E-state index < -0.39 is 0 Å². The second kappa shape index (κ2) is 9.80. The van der Waals surface area contributed by atoms with Crippen LogP contribution in [-0.4, -0.2) is 53.2 Å². The van der Waals surface area contributed by atoms with Gasteiger partial charge >= 0.3 is 0 Å². The van der Waals surface area contributed by atoms with E-state index in [1.807, 2.05) is 47.8 Å². The number of nitrogen functional groups attached to an aromatic ring is 1. The third-order valence-electron chi connectivity index (χ3n) is 5.69. The molecule has 0 amide bonds. The number of nitrogens with zero attached hydrogens (tertiary/aromatic N) is 5. The first-order chi connectivity index (χ1) is 17.6. The fourth-order valence-corrected chi connectivity index (χ4v) is 4.74. The van der Waals surface area contributed by atoms with Crippen LogP contribution in [0, 0.1) is 0 Å². The second-order valence-corrected chi connectivity index (χ2v) is 8.62. The van der Waals surface area contributed by atoms with Crippen molar-refractivity contribution in [3.05, 3.63) is 53.5 Å². The van der Waals surface area contributed by atoms with Gasteiger partial charge in [-0.1, -0.05) is 12.1 Å². The van der Waals surface area contributed by atoms with Crippen LogP contribution in [0.3, 0.4) is 0 Å². The largest absolute Gasteiger partial charge is 0.497 e. The van der Waals surface area contributed by atoms with Gasteiger partial charge in [0.25, 0.3) is 0 Å². The zero-order chi connectivity index (χ0) is 25.2. The maximum absolute atomic E-state index is 6.55. The number of benzene rings is 2. The highest BCUT2D eigenvalue weighted by Gasteiger charge is 2.22. The van der Waals surface area contributed by atoms with Gasteiger partial charge in [0.1, 0.15) is 10.8 Å². The van der Waals surface area contributed by atoms with Crippen molar-refractivity contribution in [3.8, 4) is 50.3 Å². The summed E-state index contributed by atoms with van der Waals surface area (Å²) in [6, 6.07) is 13.3. The third kappa shape index (κ3) is 4.08. The summed E-state index contributed by atoms with van der Waals surface area (Å²) in [5.41, 5.74) is 11.6. The molecule has 36 heavy (non-hydrogen) atoms. The molecule has 0 atom stereocenters. The van der Waals surface area contributed by atoms with Gasteiger partial charge in [0.2, 0.25) is 0 Å². The average molecular weight is 505 g/mol. The standard InChI is InChI=1S/C25H24N6O4S/c1-32-12-17-21(14-5-8-16(33-2)9-6-14)24-29-28-22(23(26)31(24)30-17)25-27-18(13-36-25)15-7-10-19(34-3)20(11-15)35-4/h5-11,13H,12,26H2,1-4H3. The van der Waals surface area contributed by atoms with E-state index >= 15 is 0 Å². The zero-order valence-electron chi connectivity index (χ0n) is 20.2. The van der Waals surface area contributed by atoms with E-state index in [2.05, 4.69) is 10.2 Å². The molecule has 0 radical (unpaired) electrons. The Balaban J connectivity index is 1.57. The minimum atomic E-state index is 0.292. The number of hydrogen-bond donors (Lipinski definition) is 1. The summed E-state index contributed by atoms with van der Waals surface area (Å²) in [5, 5.41) is 16.2. The van der Waals surface area contributed by atoms with Crippen molar-refractivity contribution < 1.29 is 18.9 Å². The Bertz CT molecular complexity index is 1530. The molecule has 0 aliphatic carbocycles. The van der Waals surface area contributed by atoms with Crippen LogP contribution in [0.5, 0.6) is 17.2 Å². The average Bonchev–Trinajstić information content (AvgIpc) is 3.54. The molecule has 3 aromatic heterocycles. The van der Waals surface area contributed by atoms with Gasteiger partial charge in [0, 0.05) is 18.1 Å². The normalized spacial score (nSPS) is 11.1. The zero-order valence-corrected chi connectivity index (χ0v) is 21.0. The van der Waals surface area contributed by atoms with Gasteiger partial charge < -0.3 is 24.7 Å². The fourth-order valence-electron chi connectivity index (χ4n) is 3.92. The molecule has 184 valence electrons. The minimum Gasteiger partial charge on any atom is -0.497 e. The van der Waals surface area contributed by atoms with Gasteiger partial charge in [-0.15, -0.1) is 21.5 Å². The van der Waals surface area contributed by atoms with Gasteiger partial charge in [0.05, 0.1) is 44.9 Å². The quantitative estimate of drug-likeness (QED) is 0.329. The Morgan fingerprint density at radius 1 is 0.889 bits per heavy atom. The van der Waals surface area contributed by atoms with Gasteiger partial charge in [0.15, 0.2) is 28.7 Å². The molecule has 0 fully saturated rings. The molecule has 0 saturated carbocycles. The molecule has 11 heteroatoms. The number of methoxy groups -OCH3 is 4. The van der Waals surface area contributed by atoms with Crippen LogP contribution in [0.4, 0.5) is 5.82 Å². The first kappa shape index (κ1) is 23.5. The highest BCUT2D eigenvalue weighted by Crippen LogP contribution is 2.36. The summed E-state index contributed by atoms with van der Waals surface area (Å²) < 4.78 is 23.0. The minimum absolute atomic E-state index is 0.292. The highest BCUT2D eigenvalue weighted by atomic mass is 32.1. The molecule has 3 heterocycles. The number of nitrogens with two attached hydrogens (primary N) is 1. The maximum atomic E-state index is 6.55. The summed E-state index contributed by atoms with van der Waals surface area (Å²) in [5.74, 6) is 2.37. The molecular weight excluding hydrogens is 480 g/mol. The third-order valence-corrected chi connectivity index (χ3v) is 6.54. The summed E-state index contributed by atoms with van der Waals surface area (Å²) in [6.07, 6.45) is 0. The molecule has 0 saturated heterocycles. The van der Waals surface area contributed by atoms with Gasteiger partial charge in [-0.3, -0.25) is 0 Å². The van der Waals surface area contributed by atoms with Crippen molar-refractivity contribution in [1.29, 1.82) is 0 Å². The van der Waals surface area contributed by atoms with E-state index in [4.69, 9.17) is 34.8 Å². The predicted molar refractivity (Wildman–Crippen MR) is 138 cm³/mol. The molecule has 0 aliphatic heterocycles. The van der Waals surface area contributed by atoms with Crippen LogP contribution in [0.25, 0.3) is 38.7 Å². The number of rotatable bonds is 8. The molecule has 0 aliphatic rings. The van der Waals surface area contributed by atoms with Crippen LogP contribution in [0.15, 0.2) is 47.8 Å². The monoisotopic (exact) mass is 504 g/mol. The van der Waals surface area contributed by atoms with Crippen LogP contribution in [-0.2, 0) is 11.3 Å². The van der Waals surface area contributed by atoms with E-state index in [-0.39, 0.29) is 0 Å². The topological polar surface area (TPSA) is 119 Å². The molecule has 2 N–H and O–H groups in total. The van der Waals surface area contributed by atoms with Crippen LogP contribution in [0.2, 0.25) is 0 Å². The van der Waals surface area contributed by atoms with Crippen molar-refractivity contribution in [1.82, 2.24) is 24.8 Å². The second-order valence-electron chi connectivity index (χ2n) is 7.76. The van der Waals surface area contributed by atoms with Crippen molar-refractivity contribution in [2.24, 2.45) is 0 Å². The molecular formula is C25H24N6O4S. The smallest absolute Gasteiger partial charge is 0.187 e. The summed E-state index contributed by atoms with van der Waals surface area (Å²) in [7, 11) is 6.45. The lowest BCUT2D eigenvalue weighted by Crippen LogP contribution is -2.05. The van der Waals surface area contributed by atoms with Crippen molar-refractivity contribution >= 4 is 22.8 Å². The first-order valence-electron chi connectivity index (χ1n) is 10.9. The molecule has 0 spiro atoms. The predicted octanol–water partition coefficient (Wildman–Crippen LogP) is 4.34. The maximum Gasteiger partial charge on any atom is 0.187 e. The Morgan fingerprint density at radius 3 is 2.33 bits per heavy atom. The van der Waals surface area contributed by atoms with Crippen LogP contribution >= 0.6 is 11.3 Å². The van der Waals surface area contributed by atoms with Crippen molar-refractivity contribution in [3.63, 3.8) is 0 Å². The van der Waals surface area contributed by atoms with Crippen molar-refractivity contribution in [2.75, 3.05) is 34.2 Å². The Hall–Kier alpha value is -4.22. The summed E-state index contributed by atoms with van der Waals surface area (Å²) >= 11 is 1.42. The highest BCUT2D eigenvalue weighted by molar-refractivity contribution is 7.13. The summed E-state index contributed by atoms with van der Waals surface area (Å²) in [4.78, 5) is 4.75. The molecule has 2 aromatic carbocycles. The van der Waals surface area contributed by atoms with E-state index in [0.29, 0.717) is 46.0 Å². The van der Waals surface area contributed by atoms with E-state index in [1.165, 1.54) is 11.3 Å². The Labute approximate surface area is 211 Å². The Morgan fingerprint density at radius 2 is 1.64 bits per heavy atom. The number of thiazole rings is 1. The summed E-state index contributed by atoms with van der Waals surface area (Å²) in [6.45, 7) is 0.292. The number of aromatic nitrogens is 5. The lowest BCUT2D eigenvalue weighted by atomic mass is 10.1. The molecule has 0 unspecified atom stereocenters. The Kier molecular flexibility index (Phi) is 6.40. The molecule has 0 bridgehead atoms. The lowest BCUT2D eigenvalue weighted by Gasteiger charge is -2.08. The number of hydrogen-bond acceptors (Lipinski definition) is 10. The van der Waals surface area contributed by atoms with Crippen molar-refractivity contribution in [2.45, 2.75) is 6.61 Å². The van der Waals surface area contributed by atoms with Gasteiger partial charge in [-0.25, -0.2) is 4.98 Å². The van der Waals surface area contributed by atoms with Crippen LogP contribution in [0.1, 0.15) is 5.69 Å². The number of anilines is 1. The molecule has 10 nitrogen and oxygen atoms in total. The van der Waals surface area contributed by atoms with E-state index in [0.717, 1.165) is 28.1 Å². The number of ether oxygens (including phenoxy) is 4. The van der Waals surface area contributed by atoms with Gasteiger partial charge in [-0.05, 0) is 35.9 Å². The molecule has 5 aromatic rings. The van der Waals surface area contributed by atoms with Crippen LogP contribution < -0.4 is 19.9 Å². The van der Waals surface area contributed by atoms with E-state index in [9.17, 15) is 0 Å². The van der Waals surface area contributed by atoms with Gasteiger partial charge in [-0.2, -0.15) is 9.61 Å². The fraction of sp³-hybridized carbons (Fsp3) is 0.200. The SMILES string of the molecule is COCc1nn2c(N)c(-c3nc(-c4ccc(OC)c(OC)c4)cs3)nnc2c1-c1ccc(OC)cc1. The first-order valence-corrected chi connectivity index (χ1v) is 11.8. The number of fused-ring (bicyclic) bond motifs is 1. The molecule has 5 rings (SSSR count). The van der Waals surface area contributed by atoms with E-state index in [1.54, 1.807) is 33.0 Å².